The number of hydrogen-bond acceptors (Lipinski definition) is 5. The molecule has 5 rings (SSSR count). The molecule has 1 amide bonds. The Kier molecular flexibility index (Phi) is 5.98. The highest BCUT2D eigenvalue weighted by Gasteiger charge is 2.29. The van der Waals surface area contributed by atoms with Crippen LogP contribution in [0.1, 0.15) is 37.0 Å². The fourth-order valence-corrected chi connectivity index (χ4v) is 5.19. The summed E-state index contributed by atoms with van der Waals surface area (Å²) in [6, 6.07) is 13.5. The zero-order valence-corrected chi connectivity index (χ0v) is 18.9. The Labute approximate surface area is 189 Å². The molecule has 2 aliphatic rings. The molecule has 32 heavy (non-hydrogen) atoms. The number of aromatic nitrogens is 1. The van der Waals surface area contributed by atoms with Crippen LogP contribution in [0.15, 0.2) is 53.1 Å². The number of nitrogens with zero attached hydrogens (tertiary/aromatic N) is 3. The van der Waals surface area contributed by atoms with Crippen molar-refractivity contribution < 1.29 is 13.9 Å². The molecule has 6 nitrogen and oxygen atoms in total. The van der Waals surface area contributed by atoms with Crippen LogP contribution in [0.4, 0.5) is 0 Å². The normalized spacial score (nSPS) is 23.0. The van der Waals surface area contributed by atoms with Crippen molar-refractivity contribution in [3.63, 3.8) is 0 Å². The van der Waals surface area contributed by atoms with Gasteiger partial charge in [-0.1, -0.05) is 18.2 Å². The summed E-state index contributed by atoms with van der Waals surface area (Å²) in [6.45, 7) is 9.00. The van der Waals surface area contributed by atoms with Crippen molar-refractivity contribution in [2.75, 3.05) is 32.7 Å². The van der Waals surface area contributed by atoms with Crippen molar-refractivity contribution >= 4 is 16.8 Å². The first-order valence-corrected chi connectivity index (χ1v) is 11.7. The molecule has 3 aromatic rings. The third kappa shape index (κ3) is 4.43. The summed E-state index contributed by atoms with van der Waals surface area (Å²) < 4.78 is 11.4. The van der Waals surface area contributed by atoms with Crippen LogP contribution in [0.2, 0.25) is 0 Å². The van der Waals surface area contributed by atoms with Crippen LogP contribution in [-0.2, 0) is 4.74 Å². The Hall–Kier alpha value is -2.70. The maximum absolute atomic E-state index is 13.6. The van der Waals surface area contributed by atoms with Gasteiger partial charge in [0.25, 0.3) is 5.91 Å². The first-order chi connectivity index (χ1) is 15.6. The fraction of sp³-hybridized carbons (Fsp3) is 0.462. The summed E-state index contributed by atoms with van der Waals surface area (Å²) in [7, 11) is 0. The average Bonchev–Trinajstić information content (AvgIpc) is 3.33. The first kappa shape index (κ1) is 21.2. The predicted molar refractivity (Wildman–Crippen MR) is 125 cm³/mol. The number of rotatable bonds is 4. The van der Waals surface area contributed by atoms with Crippen molar-refractivity contribution in [2.24, 2.45) is 5.92 Å². The second-order valence-corrected chi connectivity index (χ2v) is 9.26. The monoisotopic (exact) mass is 433 g/mol. The Morgan fingerprint density at radius 1 is 1.06 bits per heavy atom. The lowest BCUT2D eigenvalue weighted by Gasteiger charge is -2.39. The highest BCUT2D eigenvalue weighted by atomic mass is 16.5. The van der Waals surface area contributed by atoms with Gasteiger partial charge in [-0.3, -0.25) is 9.69 Å². The molecule has 0 bridgehead atoms. The lowest BCUT2D eigenvalue weighted by atomic mass is 9.94. The van der Waals surface area contributed by atoms with Crippen molar-refractivity contribution in [3.8, 4) is 11.5 Å². The van der Waals surface area contributed by atoms with E-state index in [0.717, 1.165) is 56.5 Å². The summed E-state index contributed by atoms with van der Waals surface area (Å²) in [5, 5.41) is 0.895. The Balaban J connectivity index is 1.30. The summed E-state index contributed by atoms with van der Waals surface area (Å²) in [4.78, 5) is 22.8. The van der Waals surface area contributed by atoms with Gasteiger partial charge in [-0.25, -0.2) is 4.98 Å². The third-order valence-corrected chi connectivity index (χ3v) is 6.63. The van der Waals surface area contributed by atoms with Gasteiger partial charge in [0, 0.05) is 38.1 Å². The van der Waals surface area contributed by atoms with Crippen LogP contribution >= 0.6 is 0 Å². The number of ether oxygens (including phenoxy) is 1. The molecule has 4 heterocycles. The van der Waals surface area contributed by atoms with E-state index in [1.807, 2.05) is 47.4 Å². The number of morpholine rings is 1. The van der Waals surface area contributed by atoms with Crippen molar-refractivity contribution in [3.05, 3.63) is 54.3 Å². The SMILES string of the molecule is CC1CN(CC2CCN(C(=O)c3cc(-c4ccco4)nc4ccccc34)CC2)CC(C)O1. The molecule has 0 saturated carbocycles. The molecule has 0 spiro atoms. The molecule has 6 heteroatoms. The van der Waals surface area contributed by atoms with Gasteiger partial charge in [0.2, 0.25) is 0 Å². The maximum Gasteiger partial charge on any atom is 0.254 e. The van der Waals surface area contributed by atoms with E-state index < -0.39 is 0 Å². The Morgan fingerprint density at radius 2 is 1.81 bits per heavy atom. The largest absolute Gasteiger partial charge is 0.463 e. The second kappa shape index (κ2) is 9.04. The molecule has 2 unspecified atom stereocenters. The summed E-state index contributed by atoms with van der Waals surface area (Å²) in [5.74, 6) is 1.39. The Morgan fingerprint density at radius 3 is 2.53 bits per heavy atom. The molecule has 168 valence electrons. The van der Waals surface area contributed by atoms with E-state index in [1.165, 1.54) is 0 Å². The van der Waals surface area contributed by atoms with Crippen molar-refractivity contribution in [1.29, 1.82) is 0 Å². The van der Waals surface area contributed by atoms with E-state index in [9.17, 15) is 4.79 Å². The van der Waals surface area contributed by atoms with E-state index in [4.69, 9.17) is 14.1 Å². The lowest BCUT2D eigenvalue weighted by Crippen LogP contribution is -2.48. The average molecular weight is 434 g/mol. The van der Waals surface area contributed by atoms with Gasteiger partial charge >= 0.3 is 0 Å². The minimum Gasteiger partial charge on any atom is -0.463 e. The zero-order valence-electron chi connectivity index (χ0n) is 18.9. The molecular formula is C26H31N3O3. The number of para-hydroxylation sites is 1. The molecular weight excluding hydrogens is 402 g/mol. The number of carbonyl (C=O) groups is 1. The van der Waals surface area contributed by atoms with E-state index in [-0.39, 0.29) is 5.91 Å². The number of pyridine rings is 1. The number of furan rings is 1. The molecule has 2 atom stereocenters. The summed E-state index contributed by atoms with van der Waals surface area (Å²) in [6.07, 6.45) is 4.31. The summed E-state index contributed by atoms with van der Waals surface area (Å²) >= 11 is 0. The Bertz CT molecular complexity index is 1060. The molecule has 2 fully saturated rings. The molecule has 0 aliphatic carbocycles. The molecule has 0 N–H and O–H groups in total. The van der Waals surface area contributed by atoms with Gasteiger partial charge in [0.15, 0.2) is 5.76 Å². The quantitative estimate of drug-likeness (QED) is 0.608. The minimum absolute atomic E-state index is 0.0865. The smallest absolute Gasteiger partial charge is 0.254 e. The molecule has 0 radical (unpaired) electrons. The van der Waals surface area contributed by atoms with Crippen molar-refractivity contribution in [2.45, 2.75) is 38.9 Å². The lowest BCUT2D eigenvalue weighted by molar-refractivity contribution is -0.0728. The standard InChI is InChI=1S/C26H31N3O3/c1-18-15-28(16-19(2)32-18)17-20-9-11-29(12-10-20)26(30)22-14-24(25-8-5-13-31-25)27-23-7-4-3-6-21(22)23/h3-8,13-14,18-20H,9-12,15-17H2,1-2H3. The minimum atomic E-state index is 0.0865. The fourth-order valence-electron chi connectivity index (χ4n) is 5.19. The van der Waals surface area contributed by atoms with Crippen LogP contribution in [0, 0.1) is 5.92 Å². The molecule has 2 aromatic heterocycles. The number of benzene rings is 1. The van der Waals surface area contributed by atoms with Crippen LogP contribution in [0.25, 0.3) is 22.4 Å². The number of amides is 1. The van der Waals surface area contributed by atoms with E-state index in [1.54, 1.807) is 6.26 Å². The number of piperidine rings is 1. The summed E-state index contributed by atoms with van der Waals surface area (Å²) in [5.41, 5.74) is 2.22. The van der Waals surface area contributed by atoms with Gasteiger partial charge in [-0.05, 0) is 56.9 Å². The van der Waals surface area contributed by atoms with Crippen LogP contribution < -0.4 is 0 Å². The third-order valence-electron chi connectivity index (χ3n) is 6.63. The van der Waals surface area contributed by atoms with Crippen LogP contribution in [0.5, 0.6) is 0 Å². The van der Waals surface area contributed by atoms with Gasteiger partial charge in [-0.2, -0.15) is 0 Å². The number of carbonyl (C=O) groups excluding carboxylic acids is 1. The topological polar surface area (TPSA) is 58.8 Å². The predicted octanol–water partition coefficient (Wildman–Crippen LogP) is 4.46. The van der Waals surface area contributed by atoms with Crippen LogP contribution in [-0.4, -0.2) is 65.6 Å². The van der Waals surface area contributed by atoms with Crippen LogP contribution in [0.3, 0.4) is 0 Å². The molecule has 1 aromatic carbocycles. The number of likely N-dealkylation sites (tertiary alicyclic amines) is 1. The van der Waals surface area contributed by atoms with Gasteiger partial charge in [0.05, 0.1) is 29.6 Å². The highest BCUT2D eigenvalue weighted by Crippen LogP contribution is 2.28. The van der Waals surface area contributed by atoms with Gasteiger partial charge < -0.3 is 14.1 Å². The maximum atomic E-state index is 13.6. The highest BCUT2D eigenvalue weighted by molar-refractivity contribution is 6.07. The number of hydrogen-bond donors (Lipinski definition) is 0. The molecule has 2 saturated heterocycles. The number of fused-ring (bicyclic) bond motifs is 1. The first-order valence-electron chi connectivity index (χ1n) is 11.7. The van der Waals surface area contributed by atoms with Crippen molar-refractivity contribution in [1.82, 2.24) is 14.8 Å². The zero-order chi connectivity index (χ0) is 22.1. The van der Waals surface area contributed by atoms with Gasteiger partial charge in [0.1, 0.15) is 5.69 Å². The van der Waals surface area contributed by atoms with E-state index >= 15 is 0 Å². The van der Waals surface area contributed by atoms with E-state index in [2.05, 4.69) is 18.7 Å². The van der Waals surface area contributed by atoms with Gasteiger partial charge in [-0.15, -0.1) is 0 Å². The molecule has 2 aliphatic heterocycles. The van der Waals surface area contributed by atoms with E-state index in [0.29, 0.717) is 35.1 Å². The second-order valence-electron chi connectivity index (χ2n) is 9.26.